The monoisotopic (exact) mass is 355 g/mol. The highest BCUT2D eigenvalue weighted by Gasteiger charge is 2.32. The summed E-state index contributed by atoms with van der Waals surface area (Å²) in [6.07, 6.45) is 3.53. The summed E-state index contributed by atoms with van der Waals surface area (Å²) in [4.78, 5) is 29.9. The quantitative estimate of drug-likeness (QED) is 0.845. The Labute approximate surface area is 149 Å². The first-order valence-corrected chi connectivity index (χ1v) is 8.55. The van der Waals surface area contributed by atoms with Crippen LogP contribution in [0.1, 0.15) is 11.3 Å². The number of amides is 2. The van der Waals surface area contributed by atoms with Gasteiger partial charge in [0.1, 0.15) is 5.70 Å². The summed E-state index contributed by atoms with van der Waals surface area (Å²) in [5, 5.41) is 4.70. The highest BCUT2D eigenvalue weighted by molar-refractivity contribution is 8.14. The van der Waals surface area contributed by atoms with E-state index >= 15 is 0 Å². The molecule has 1 aliphatic heterocycles. The lowest BCUT2D eigenvalue weighted by atomic mass is 10.2. The molecule has 2 N–H and O–H groups in total. The molecule has 0 saturated heterocycles. The van der Waals surface area contributed by atoms with E-state index in [1.54, 1.807) is 10.8 Å². The maximum atomic E-state index is 12.9. The predicted molar refractivity (Wildman–Crippen MR) is 98.9 cm³/mol. The Hall–Kier alpha value is -2.87. The Morgan fingerprint density at radius 1 is 1.32 bits per heavy atom. The fourth-order valence-corrected chi connectivity index (χ4v) is 3.19. The standard InChI is InChI=1S/C17H17N5O2S/c1-11-12(9-21(2)20-11)8-14-16(24)22(13-6-4-3-5-7-13)17(19-14)25-10-15(18)23/h3-9H,10H2,1-2H3,(H2,18,23)/b14-8+. The van der Waals surface area contributed by atoms with Crippen LogP contribution in [-0.2, 0) is 16.6 Å². The molecule has 0 spiro atoms. The molecule has 0 unspecified atom stereocenters. The molecule has 2 amide bonds. The van der Waals surface area contributed by atoms with Gasteiger partial charge in [-0.3, -0.25) is 19.2 Å². The second-order valence-electron chi connectivity index (χ2n) is 5.50. The van der Waals surface area contributed by atoms with E-state index in [-0.39, 0.29) is 11.7 Å². The van der Waals surface area contributed by atoms with Gasteiger partial charge in [0.2, 0.25) is 5.91 Å². The molecular formula is C17H17N5O2S. The number of hydrogen-bond donors (Lipinski definition) is 1. The molecule has 0 atom stereocenters. The lowest BCUT2D eigenvalue weighted by molar-refractivity contribution is -0.115. The summed E-state index contributed by atoms with van der Waals surface area (Å²) in [5.41, 5.74) is 7.84. The molecule has 1 aromatic heterocycles. The van der Waals surface area contributed by atoms with Gasteiger partial charge in [0.15, 0.2) is 5.17 Å². The van der Waals surface area contributed by atoms with Crippen LogP contribution < -0.4 is 10.6 Å². The van der Waals surface area contributed by atoms with E-state index in [2.05, 4.69) is 10.1 Å². The van der Waals surface area contributed by atoms with Gasteiger partial charge in [-0.1, -0.05) is 30.0 Å². The van der Waals surface area contributed by atoms with Crippen LogP contribution in [0.5, 0.6) is 0 Å². The van der Waals surface area contributed by atoms with Crippen molar-refractivity contribution in [3.8, 4) is 0 Å². The SMILES string of the molecule is Cc1nn(C)cc1/C=C1/N=C(SCC(N)=O)N(c2ccccc2)C1=O. The fourth-order valence-electron chi connectivity index (χ4n) is 2.44. The minimum Gasteiger partial charge on any atom is -0.369 e. The number of benzene rings is 1. The summed E-state index contributed by atoms with van der Waals surface area (Å²) in [7, 11) is 1.82. The van der Waals surface area contributed by atoms with Crippen molar-refractivity contribution in [1.29, 1.82) is 0 Å². The number of para-hydroxylation sites is 1. The van der Waals surface area contributed by atoms with Crippen LogP contribution in [0, 0.1) is 6.92 Å². The number of rotatable bonds is 4. The molecule has 0 fully saturated rings. The topological polar surface area (TPSA) is 93.6 Å². The number of aryl methyl sites for hydroxylation is 2. The first-order chi connectivity index (χ1) is 12.0. The van der Waals surface area contributed by atoms with Gasteiger partial charge in [0.05, 0.1) is 17.1 Å². The average molecular weight is 355 g/mol. The van der Waals surface area contributed by atoms with Crippen molar-refractivity contribution in [1.82, 2.24) is 9.78 Å². The number of primary amides is 1. The summed E-state index contributed by atoms with van der Waals surface area (Å²) in [5.74, 6) is -0.663. The van der Waals surface area contributed by atoms with Gasteiger partial charge < -0.3 is 5.73 Å². The van der Waals surface area contributed by atoms with Crippen molar-refractivity contribution >= 4 is 40.5 Å². The van der Waals surface area contributed by atoms with E-state index in [0.29, 0.717) is 16.6 Å². The van der Waals surface area contributed by atoms with Gasteiger partial charge in [-0.2, -0.15) is 5.10 Å². The number of nitrogens with two attached hydrogens (primary N) is 1. The maximum Gasteiger partial charge on any atom is 0.283 e. The van der Waals surface area contributed by atoms with Crippen LogP contribution in [0.25, 0.3) is 6.08 Å². The van der Waals surface area contributed by atoms with Gasteiger partial charge in [-0.15, -0.1) is 0 Å². The molecule has 1 aliphatic rings. The zero-order chi connectivity index (χ0) is 18.0. The van der Waals surface area contributed by atoms with Crippen molar-refractivity contribution in [3.63, 3.8) is 0 Å². The minimum atomic E-state index is -0.464. The number of hydrogen-bond acceptors (Lipinski definition) is 5. The van der Waals surface area contributed by atoms with Crippen LogP contribution >= 0.6 is 11.8 Å². The molecule has 0 aliphatic carbocycles. The third kappa shape index (κ3) is 3.63. The first kappa shape index (κ1) is 17.0. The molecule has 1 aromatic carbocycles. The van der Waals surface area contributed by atoms with Crippen molar-refractivity contribution in [2.45, 2.75) is 6.92 Å². The smallest absolute Gasteiger partial charge is 0.283 e. The van der Waals surface area contributed by atoms with Gasteiger partial charge in [-0.25, -0.2) is 4.99 Å². The summed E-state index contributed by atoms with van der Waals surface area (Å²) < 4.78 is 1.68. The second-order valence-corrected chi connectivity index (χ2v) is 6.44. The summed E-state index contributed by atoms with van der Waals surface area (Å²) in [6, 6.07) is 9.18. The molecule has 8 heteroatoms. The van der Waals surface area contributed by atoms with Crippen LogP contribution in [0.15, 0.2) is 47.2 Å². The zero-order valence-electron chi connectivity index (χ0n) is 13.8. The molecule has 0 bridgehead atoms. The van der Waals surface area contributed by atoms with Gasteiger partial charge >= 0.3 is 0 Å². The Morgan fingerprint density at radius 2 is 2.04 bits per heavy atom. The highest BCUT2D eigenvalue weighted by Crippen LogP contribution is 2.29. The van der Waals surface area contributed by atoms with E-state index in [1.807, 2.05) is 50.5 Å². The van der Waals surface area contributed by atoms with Crippen molar-refractivity contribution in [2.24, 2.45) is 17.8 Å². The Balaban J connectivity index is 1.99. The third-order valence-electron chi connectivity index (χ3n) is 3.53. The van der Waals surface area contributed by atoms with E-state index in [9.17, 15) is 9.59 Å². The molecule has 25 heavy (non-hydrogen) atoms. The lowest BCUT2D eigenvalue weighted by Gasteiger charge is -2.17. The van der Waals surface area contributed by atoms with Crippen molar-refractivity contribution < 1.29 is 9.59 Å². The van der Waals surface area contributed by atoms with Crippen LogP contribution in [-0.4, -0.2) is 32.5 Å². The van der Waals surface area contributed by atoms with Crippen LogP contribution in [0.2, 0.25) is 0 Å². The van der Waals surface area contributed by atoms with E-state index in [4.69, 9.17) is 5.73 Å². The third-order valence-corrected chi connectivity index (χ3v) is 4.49. The van der Waals surface area contributed by atoms with Crippen LogP contribution in [0.3, 0.4) is 0 Å². The molecule has 2 heterocycles. The molecular weight excluding hydrogens is 338 g/mol. The molecule has 3 rings (SSSR count). The molecule has 0 radical (unpaired) electrons. The molecule has 2 aromatic rings. The Kier molecular flexibility index (Phi) is 4.71. The highest BCUT2D eigenvalue weighted by atomic mass is 32.2. The summed E-state index contributed by atoms with van der Waals surface area (Å²) >= 11 is 1.14. The summed E-state index contributed by atoms with van der Waals surface area (Å²) in [6.45, 7) is 1.87. The zero-order valence-corrected chi connectivity index (χ0v) is 14.7. The largest absolute Gasteiger partial charge is 0.369 e. The van der Waals surface area contributed by atoms with Gasteiger partial charge in [0.25, 0.3) is 5.91 Å². The lowest BCUT2D eigenvalue weighted by Crippen LogP contribution is -2.31. The number of amidine groups is 1. The number of carbonyl (C=O) groups is 2. The molecule has 7 nitrogen and oxygen atoms in total. The second kappa shape index (κ2) is 6.94. The Bertz CT molecular complexity index is 886. The van der Waals surface area contributed by atoms with Crippen LogP contribution in [0.4, 0.5) is 5.69 Å². The van der Waals surface area contributed by atoms with E-state index in [0.717, 1.165) is 23.0 Å². The number of anilines is 1. The molecule has 0 saturated carbocycles. The fraction of sp³-hybridized carbons (Fsp3) is 0.176. The van der Waals surface area contributed by atoms with Crippen molar-refractivity contribution in [3.05, 3.63) is 53.5 Å². The minimum absolute atomic E-state index is 0.0502. The van der Waals surface area contributed by atoms with E-state index in [1.165, 1.54) is 4.90 Å². The number of nitrogens with zero attached hydrogens (tertiary/aromatic N) is 4. The van der Waals surface area contributed by atoms with Crippen molar-refractivity contribution in [2.75, 3.05) is 10.7 Å². The maximum absolute atomic E-state index is 12.9. The van der Waals surface area contributed by atoms with Gasteiger partial charge in [-0.05, 0) is 25.1 Å². The average Bonchev–Trinajstić information content (AvgIpc) is 3.06. The van der Waals surface area contributed by atoms with E-state index < -0.39 is 5.91 Å². The number of aliphatic imine (C=N–C) groups is 1. The number of thioether (sulfide) groups is 1. The Morgan fingerprint density at radius 3 is 2.64 bits per heavy atom. The normalized spacial score (nSPS) is 15.8. The number of aromatic nitrogens is 2. The molecule has 128 valence electrons. The predicted octanol–water partition coefficient (Wildman–Crippen LogP) is 1.69. The van der Waals surface area contributed by atoms with Gasteiger partial charge in [0, 0.05) is 18.8 Å². The number of carbonyl (C=O) groups excluding carboxylic acids is 2. The first-order valence-electron chi connectivity index (χ1n) is 7.57.